The molecule has 3 heterocycles. The molecule has 0 saturated heterocycles. The van der Waals surface area contributed by atoms with Crippen molar-refractivity contribution >= 4 is 46.4 Å². The van der Waals surface area contributed by atoms with E-state index in [1.165, 1.54) is 12.4 Å². The Bertz CT molecular complexity index is 1130. The predicted molar refractivity (Wildman–Crippen MR) is 112 cm³/mol. The monoisotopic (exact) mass is 429 g/mol. The summed E-state index contributed by atoms with van der Waals surface area (Å²) in [5.41, 5.74) is 2.55. The summed E-state index contributed by atoms with van der Waals surface area (Å²) >= 11 is 12.1. The van der Waals surface area contributed by atoms with Crippen molar-refractivity contribution in [3.8, 4) is 0 Å². The molecule has 2 amide bonds. The van der Waals surface area contributed by atoms with Crippen LogP contribution in [0, 0.1) is 6.92 Å². The fourth-order valence-electron chi connectivity index (χ4n) is 3.30. The van der Waals surface area contributed by atoms with Crippen molar-refractivity contribution < 1.29 is 9.59 Å². The normalized spacial score (nSPS) is 15.9. The lowest BCUT2D eigenvalue weighted by molar-refractivity contribution is 0.0954. The average Bonchev–Trinajstić information content (AvgIpc) is 3.11. The van der Waals surface area contributed by atoms with Crippen LogP contribution >= 0.6 is 23.2 Å². The second-order valence-electron chi connectivity index (χ2n) is 6.92. The molecule has 9 heteroatoms. The molecule has 0 fully saturated rings. The second kappa shape index (κ2) is 7.50. The molecule has 1 N–H and O–H groups in total. The molecule has 0 aliphatic carbocycles. The molecule has 0 bridgehead atoms. The summed E-state index contributed by atoms with van der Waals surface area (Å²) in [5, 5.41) is 7.86. The average molecular weight is 430 g/mol. The lowest BCUT2D eigenvalue weighted by Gasteiger charge is -2.32. The molecule has 29 heavy (non-hydrogen) atoms. The first-order valence-corrected chi connectivity index (χ1v) is 9.68. The van der Waals surface area contributed by atoms with Crippen LogP contribution in [-0.2, 0) is 0 Å². The third-order valence-electron chi connectivity index (χ3n) is 4.71. The van der Waals surface area contributed by atoms with Gasteiger partial charge in [0.15, 0.2) is 5.69 Å². The van der Waals surface area contributed by atoms with Crippen LogP contribution in [-0.4, -0.2) is 33.1 Å². The molecule has 1 aliphatic rings. The van der Waals surface area contributed by atoms with E-state index in [-0.39, 0.29) is 17.9 Å². The Morgan fingerprint density at radius 1 is 1.17 bits per heavy atom. The van der Waals surface area contributed by atoms with E-state index in [1.54, 1.807) is 40.0 Å². The number of anilines is 2. The van der Waals surface area contributed by atoms with Crippen LogP contribution < -0.4 is 10.2 Å². The van der Waals surface area contributed by atoms with Crippen molar-refractivity contribution in [2.75, 3.05) is 16.8 Å². The number of benzene rings is 1. The van der Waals surface area contributed by atoms with Crippen LogP contribution in [0.5, 0.6) is 0 Å². The number of carbonyl (C=O) groups is 2. The van der Waals surface area contributed by atoms with Gasteiger partial charge >= 0.3 is 0 Å². The molecular formula is C20H17Cl2N5O2. The van der Waals surface area contributed by atoms with E-state index < -0.39 is 0 Å². The first kappa shape index (κ1) is 19.4. The minimum absolute atomic E-state index is 0.0940. The highest BCUT2D eigenvalue weighted by atomic mass is 35.5. The highest BCUT2D eigenvalue weighted by Gasteiger charge is 2.34. The van der Waals surface area contributed by atoms with Crippen molar-refractivity contribution in [1.29, 1.82) is 0 Å². The fourth-order valence-corrected chi connectivity index (χ4v) is 3.59. The van der Waals surface area contributed by atoms with Gasteiger partial charge in [-0.1, -0.05) is 23.2 Å². The van der Waals surface area contributed by atoms with Gasteiger partial charge < -0.3 is 10.2 Å². The standard InChI is InChI=1S/C20H17Cl2N5O2/c1-11-5-13(8-23-7-11)19(28)25-17-9-24-27-12(2)10-26(20(29)18(17)27)14-3-4-15(21)16(22)6-14/h3-9,12H,10H2,1-2H3,(H,25,28)/t12-/m0/s1. The van der Waals surface area contributed by atoms with Crippen molar-refractivity contribution in [3.63, 3.8) is 0 Å². The Labute approximate surface area is 177 Å². The van der Waals surface area contributed by atoms with E-state index in [0.29, 0.717) is 39.2 Å². The zero-order valence-corrected chi connectivity index (χ0v) is 17.2. The molecular weight excluding hydrogens is 413 g/mol. The highest BCUT2D eigenvalue weighted by Crippen LogP contribution is 2.33. The number of carbonyl (C=O) groups excluding carboxylic acids is 2. The van der Waals surface area contributed by atoms with E-state index in [1.807, 2.05) is 13.8 Å². The van der Waals surface area contributed by atoms with E-state index in [2.05, 4.69) is 15.4 Å². The van der Waals surface area contributed by atoms with E-state index >= 15 is 0 Å². The molecule has 1 aliphatic heterocycles. The minimum Gasteiger partial charge on any atom is -0.319 e. The molecule has 0 unspecified atom stereocenters. The van der Waals surface area contributed by atoms with Crippen LogP contribution in [0.1, 0.15) is 39.4 Å². The zero-order valence-electron chi connectivity index (χ0n) is 15.7. The second-order valence-corrected chi connectivity index (χ2v) is 7.73. The molecule has 4 rings (SSSR count). The Balaban J connectivity index is 1.67. The number of nitrogens with one attached hydrogen (secondary N) is 1. The first-order chi connectivity index (χ1) is 13.8. The molecule has 148 valence electrons. The van der Waals surface area contributed by atoms with Crippen molar-refractivity contribution in [2.45, 2.75) is 19.9 Å². The van der Waals surface area contributed by atoms with E-state index in [9.17, 15) is 9.59 Å². The number of amides is 2. The van der Waals surface area contributed by atoms with Crippen LogP contribution in [0.3, 0.4) is 0 Å². The summed E-state index contributed by atoms with van der Waals surface area (Å²) in [5.74, 6) is -0.638. The van der Waals surface area contributed by atoms with Gasteiger partial charge in [0.1, 0.15) is 0 Å². The Kier molecular flexibility index (Phi) is 5.02. The molecule has 3 aromatic rings. The lowest BCUT2D eigenvalue weighted by atomic mass is 10.1. The fraction of sp³-hybridized carbons (Fsp3) is 0.200. The third-order valence-corrected chi connectivity index (χ3v) is 5.45. The number of aryl methyl sites for hydroxylation is 1. The van der Waals surface area contributed by atoms with E-state index in [0.717, 1.165) is 5.56 Å². The lowest BCUT2D eigenvalue weighted by Crippen LogP contribution is -2.43. The summed E-state index contributed by atoms with van der Waals surface area (Å²) in [6, 6.07) is 6.67. The van der Waals surface area contributed by atoms with Crippen molar-refractivity contribution in [1.82, 2.24) is 14.8 Å². The van der Waals surface area contributed by atoms with Gasteiger partial charge in [-0.25, -0.2) is 0 Å². The molecule has 0 saturated carbocycles. The summed E-state index contributed by atoms with van der Waals surface area (Å²) in [4.78, 5) is 31.5. The summed E-state index contributed by atoms with van der Waals surface area (Å²) < 4.78 is 1.63. The smallest absolute Gasteiger partial charge is 0.278 e. The predicted octanol–water partition coefficient (Wildman–Crippen LogP) is 4.37. The van der Waals surface area contributed by atoms with Gasteiger partial charge in [-0.15, -0.1) is 0 Å². The van der Waals surface area contributed by atoms with E-state index in [4.69, 9.17) is 23.2 Å². The van der Waals surface area contributed by atoms with Gasteiger partial charge in [-0.05, 0) is 43.7 Å². The van der Waals surface area contributed by atoms with Crippen LogP contribution in [0.4, 0.5) is 11.4 Å². The van der Waals surface area contributed by atoms with Gasteiger partial charge in [0.2, 0.25) is 0 Å². The maximum Gasteiger partial charge on any atom is 0.278 e. The van der Waals surface area contributed by atoms with Gasteiger partial charge in [0.25, 0.3) is 11.8 Å². The van der Waals surface area contributed by atoms with Crippen LogP contribution in [0.25, 0.3) is 0 Å². The Hall–Kier alpha value is -2.90. The molecule has 0 radical (unpaired) electrons. The van der Waals surface area contributed by atoms with Gasteiger partial charge in [-0.3, -0.25) is 19.3 Å². The molecule has 7 nitrogen and oxygen atoms in total. The number of hydrogen-bond acceptors (Lipinski definition) is 4. The summed E-state index contributed by atoms with van der Waals surface area (Å²) in [7, 11) is 0. The highest BCUT2D eigenvalue weighted by molar-refractivity contribution is 6.42. The number of rotatable bonds is 3. The summed E-state index contributed by atoms with van der Waals surface area (Å²) in [6.45, 7) is 4.22. The van der Waals surface area contributed by atoms with Crippen molar-refractivity contribution in [3.05, 3.63) is 69.7 Å². The number of aromatic nitrogens is 3. The van der Waals surface area contributed by atoms with Gasteiger partial charge in [0, 0.05) is 24.6 Å². The van der Waals surface area contributed by atoms with Crippen molar-refractivity contribution in [2.24, 2.45) is 0 Å². The third kappa shape index (κ3) is 3.59. The molecule has 1 aromatic carbocycles. The summed E-state index contributed by atoms with van der Waals surface area (Å²) in [6.07, 6.45) is 4.63. The number of fused-ring (bicyclic) bond motifs is 1. The minimum atomic E-state index is -0.357. The zero-order chi connectivity index (χ0) is 20.7. The number of halogens is 2. The van der Waals surface area contributed by atoms with Crippen LogP contribution in [0.15, 0.2) is 42.9 Å². The maximum atomic E-state index is 13.2. The quantitative estimate of drug-likeness (QED) is 0.670. The molecule has 0 spiro atoms. The maximum absolute atomic E-state index is 13.2. The molecule has 1 atom stereocenters. The van der Waals surface area contributed by atoms with Crippen LogP contribution in [0.2, 0.25) is 10.0 Å². The van der Waals surface area contributed by atoms with Gasteiger partial charge in [-0.2, -0.15) is 5.10 Å². The SMILES string of the molecule is Cc1cncc(C(=O)Nc2cnn3c2C(=O)N(c2ccc(Cl)c(Cl)c2)C[C@@H]3C)c1. The first-order valence-electron chi connectivity index (χ1n) is 8.92. The molecule has 2 aromatic heterocycles. The number of hydrogen-bond donors (Lipinski definition) is 1. The van der Waals surface area contributed by atoms with Gasteiger partial charge in [0.05, 0.1) is 33.5 Å². The largest absolute Gasteiger partial charge is 0.319 e. The number of nitrogens with zero attached hydrogens (tertiary/aromatic N) is 4. The Morgan fingerprint density at radius 2 is 1.97 bits per heavy atom. The number of pyridine rings is 1. The topological polar surface area (TPSA) is 80.1 Å². The Morgan fingerprint density at radius 3 is 2.69 bits per heavy atom.